The first-order chi connectivity index (χ1) is 8.54. The van der Waals surface area contributed by atoms with Crippen LogP contribution in [0.1, 0.15) is 20.3 Å². The van der Waals surface area contributed by atoms with E-state index in [2.05, 4.69) is 0 Å². The third kappa shape index (κ3) is 2.11. The van der Waals surface area contributed by atoms with Crippen molar-refractivity contribution in [3.63, 3.8) is 0 Å². The van der Waals surface area contributed by atoms with Gasteiger partial charge in [-0.1, -0.05) is 18.5 Å². The second-order valence-electron chi connectivity index (χ2n) is 3.95. The number of benzene rings is 1. The molecule has 1 aliphatic rings. The molecule has 0 unspecified atom stereocenters. The van der Waals surface area contributed by atoms with Gasteiger partial charge in [-0.2, -0.15) is 0 Å². The first kappa shape index (κ1) is 12.6. The molecular formula is C13H12ClNO3. The Hall–Kier alpha value is -1.81. The van der Waals surface area contributed by atoms with Crippen molar-refractivity contribution in [1.82, 2.24) is 0 Å². The number of cyclic esters (lactones) is 1. The van der Waals surface area contributed by atoms with E-state index in [1.165, 1.54) is 0 Å². The van der Waals surface area contributed by atoms with Crippen LogP contribution in [-0.2, 0) is 9.53 Å². The Kier molecular flexibility index (Phi) is 3.39. The Morgan fingerprint density at radius 2 is 1.89 bits per heavy atom. The maximum Gasteiger partial charge on any atom is 0.427 e. The largest absolute Gasteiger partial charge is 0.427 e. The van der Waals surface area contributed by atoms with Crippen LogP contribution < -0.4 is 4.90 Å². The minimum Gasteiger partial charge on any atom is -0.404 e. The van der Waals surface area contributed by atoms with Crippen LogP contribution in [0.25, 0.3) is 0 Å². The van der Waals surface area contributed by atoms with Crippen LogP contribution in [0.4, 0.5) is 10.5 Å². The summed E-state index contributed by atoms with van der Waals surface area (Å²) >= 11 is 5.76. The lowest BCUT2D eigenvalue weighted by Crippen LogP contribution is -2.28. The molecule has 0 radical (unpaired) electrons. The summed E-state index contributed by atoms with van der Waals surface area (Å²) in [5.41, 5.74) is 1.21. The number of imide groups is 1. The molecule has 1 aromatic rings. The van der Waals surface area contributed by atoms with Crippen molar-refractivity contribution in [3.05, 3.63) is 40.6 Å². The van der Waals surface area contributed by atoms with Gasteiger partial charge in [0, 0.05) is 5.02 Å². The monoisotopic (exact) mass is 265 g/mol. The zero-order valence-corrected chi connectivity index (χ0v) is 10.8. The first-order valence-electron chi connectivity index (χ1n) is 5.56. The van der Waals surface area contributed by atoms with Gasteiger partial charge >= 0.3 is 12.0 Å². The van der Waals surface area contributed by atoms with Crippen molar-refractivity contribution in [2.75, 3.05) is 4.90 Å². The summed E-state index contributed by atoms with van der Waals surface area (Å²) < 4.78 is 5.01. The molecule has 1 aliphatic heterocycles. The highest BCUT2D eigenvalue weighted by Gasteiger charge is 2.38. The number of hydrogen-bond donors (Lipinski definition) is 0. The molecule has 0 spiro atoms. The molecule has 1 aromatic carbocycles. The fourth-order valence-electron chi connectivity index (χ4n) is 1.60. The molecule has 0 aromatic heterocycles. The third-order valence-corrected chi connectivity index (χ3v) is 3.02. The van der Waals surface area contributed by atoms with Crippen molar-refractivity contribution in [3.8, 4) is 0 Å². The summed E-state index contributed by atoms with van der Waals surface area (Å²) in [5, 5.41) is 0.541. The zero-order valence-electron chi connectivity index (χ0n) is 10.1. The summed E-state index contributed by atoms with van der Waals surface area (Å²) in [6.45, 7) is 3.67. The lowest BCUT2D eigenvalue weighted by atomic mass is 10.2. The van der Waals surface area contributed by atoms with Gasteiger partial charge in [0.1, 0.15) is 0 Å². The Labute approximate surface area is 110 Å². The van der Waals surface area contributed by atoms with Crippen molar-refractivity contribution in [1.29, 1.82) is 0 Å². The first-order valence-corrected chi connectivity index (χ1v) is 5.94. The molecule has 2 amide bonds. The van der Waals surface area contributed by atoms with Gasteiger partial charge in [-0.25, -0.2) is 9.69 Å². The predicted octanol–water partition coefficient (Wildman–Crippen LogP) is 3.51. The summed E-state index contributed by atoms with van der Waals surface area (Å²) in [6, 6.07) is 6.44. The van der Waals surface area contributed by atoms with Crippen LogP contribution >= 0.6 is 11.6 Å². The summed E-state index contributed by atoms with van der Waals surface area (Å²) in [5.74, 6) is -0.306. The molecule has 0 aliphatic carbocycles. The molecule has 0 saturated carbocycles. The van der Waals surface area contributed by atoms with Crippen molar-refractivity contribution < 1.29 is 14.3 Å². The van der Waals surface area contributed by atoms with Crippen LogP contribution in [-0.4, -0.2) is 12.0 Å². The van der Waals surface area contributed by atoms with Crippen LogP contribution in [0, 0.1) is 0 Å². The molecule has 2 rings (SSSR count). The molecular weight excluding hydrogens is 254 g/mol. The second kappa shape index (κ2) is 4.82. The summed E-state index contributed by atoms with van der Waals surface area (Å²) in [4.78, 5) is 24.8. The lowest BCUT2D eigenvalue weighted by Gasteiger charge is -2.09. The molecule has 18 heavy (non-hydrogen) atoms. The van der Waals surface area contributed by atoms with Gasteiger partial charge in [-0.15, -0.1) is 0 Å². The quantitative estimate of drug-likeness (QED) is 0.769. The summed E-state index contributed by atoms with van der Waals surface area (Å²) in [7, 11) is 0. The van der Waals surface area contributed by atoms with E-state index in [0.29, 0.717) is 17.1 Å². The average Bonchev–Trinajstić information content (AvgIpc) is 2.65. The SMILES string of the molecule is CCC(C)=C1OC(=O)N(c2ccc(Cl)cc2)C1=O. The molecule has 4 nitrogen and oxygen atoms in total. The van der Waals surface area contributed by atoms with Crippen molar-refractivity contribution >= 4 is 29.3 Å². The van der Waals surface area contributed by atoms with E-state index in [4.69, 9.17) is 16.3 Å². The molecule has 0 atom stereocenters. The number of amides is 2. The highest BCUT2D eigenvalue weighted by Crippen LogP contribution is 2.28. The summed E-state index contributed by atoms with van der Waals surface area (Å²) in [6.07, 6.45) is -0.0202. The van der Waals surface area contributed by atoms with E-state index < -0.39 is 12.0 Å². The Bertz CT molecular complexity index is 534. The van der Waals surface area contributed by atoms with E-state index in [0.717, 1.165) is 10.5 Å². The predicted molar refractivity (Wildman–Crippen MR) is 68.4 cm³/mol. The maximum atomic E-state index is 12.1. The molecule has 0 N–H and O–H groups in total. The van der Waals surface area contributed by atoms with E-state index in [9.17, 15) is 9.59 Å². The zero-order chi connectivity index (χ0) is 13.3. The van der Waals surface area contributed by atoms with Crippen LogP contribution in [0.15, 0.2) is 35.6 Å². The number of hydrogen-bond acceptors (Lipinski definition) is 3. The highest BCUT2D eigenvalue weighted by atomic mass is 35.5. The number of carbonyl (C=O) groups is 2. The standard InChI is InChI=1S/C13H12ClNO3/c1-3-8(2)11-12(16)15(13(17)18-11)10-6-4-9(14)5-7-10/h4-7H,3H2,1-2H3. The van der Waals surface area contributed by atoms with Gasteiger partial charge < -0.3 is 4.74 Å². The minimum absolute atomic E-state index is 0.123. The number of carbonyl (C=O) groups excluding carboxylic acids is 2. The normalized spacial score (nSPS) is 18.1. The number of ether oxygens (including phenoxy) is 1. The molecule has 1 heterocycles. The third-order valence-electron chi connectivity index (χ3n) is 2.77. The van der Waals surface area contributed by atoms with Crippen LogP contribution in [0.2, 0.25) is 5.02 Å². The van der Waals surface area contributed by atoms with E-state index in [1.54, 1.807) is 31.2 Å². The number of nitrogens with zero attached hydrogens (tertiary/aromatic N) is 1. The van der Waals surface area contributed by atoms with Gasteiger partial charge in [0.2, 0.25) is 0 Å². The molecule has 1 saturated heterocycles. The van der Waals surface area contributed by atoms with Gasteiger partial charge in [0.05, 0.1) is 5.69 Å². The Morgan fingerprint density at radius 3 is 2.44 bits per heavy atom. The Balaban J connectivity index is 2.39. The second-order valence-corrected chi connectivity index (χ2v) is 4.38. The van der Waals surface area contributed by atoms with Gasteiger partial charge in [-0.3, -0.25) is 4.79 Å². The van der Waals surface area contributed by atoms with Crippen molar-refractivity contribution in [2.45, 2.75) is 20.3 Å². The van der Waals surface area contributed by atoms with E-state index in [1.807, 2.05) is 6.92 Å². The topological polar surface area (TPSA) is 46.6 Å². The minimum atomic E-state index is -0.676. The number of rotatable bonds is 2. The van der Waals surface area contributed by atoms with Crippen LogP contribution in [0.3, 0.4) is 0 Å². The molecule has 5 heteroatoms. The Morgan fingerprint density at radius 1 is 1.28 bits per heavy atom. The van der Waals surface area contributed by atoms with Gasteiger partial charge in [0.25, 0.3) is 0 Å². The average molecular weight is 266 g/mol. The van der Waals surface area contributed by atoms with E-state index >= 15 is 0 Å². The fourth-order valence-corrected chi connectivity index (χ4v) is 1.73. The smallest absolute Gasteiger partial charge is 0.404 e. The number of anilines is 1. The molecule has 0 bridgehead atoms. The maximum absolute atomic E-state index is 12.1. The van der Waals surface area contributed by atoms with Gasteiger partial charge in [0.15, 0.2) is 5.76 Å². The van der Waals surface area contributed by atoms with E-state index in [-0.39, 0.29) is 5.76 Å². The van der Waals surface area contributed by atoms with Crippen molar-refractivity contribution in [2.24, 2.45) is 0 Å². The van der Waals surface area contributed by atoms with Crippen LogP contribution in [0.5, 0.6) is 0 Å². The highest BCUT2D eigenvalue weighted by molar-refractivity contribution is 6.30. The molecule has 1 fully saturated rings. The lowest BCUT2D eigenvalue weighted by molar-refractivity contribution is -0.114. The number of allylic oxidation sites excluding steroid dienone is 1. The van der Waals surface area contributed by atoms with Gasteiger partial charge in [-0.05, 0) is 43.2 Å². The number of halogens is 1. The fraction of sp³-hybridized carbons (Fsp3) is 0.231. The molecule has 94 valence electrons.